The number of nitrogens with zero attached hydrogens (tertiary/aromatic N) is 3. The molecule has 120 valence electrons. The molecule has 0 spiro atoms. The first-order valence-electron chi connectivity index (χ1n) is 7.53. The highest BCUT2D eigenvalue weighted by atomic mass is 16.2. The van der Waals surface area contributed by atoms with Gasteiger partial charge in [0, 0.05) is 39.3 Å². The lowest BCUT2D eigenvalue weighted by molar-refractivity contribution is -0.135. The quantitative estimate of drug-likeness (QED) is 0.660. The summed E-state index contributed by atoms with van der Waals surface area (Å²) in [6, 6.07) is 0. The lowest BCUT2D eigenvalue weighted by atomic mass is 10.3. The zero-order valence-electron chi connectivity index (χ0n) is 13.5. The molecule has 0 aromatic heterocycles. The molecule has 0 unspecified atom stereocenters. The molecule has 1 aliphatic rings. The number of amides is 2. The first kappa shape index (κ1) is 17.7. The Morgan fingerprint density at radius 2 is 1.81 bits per heavy atom. The fourth-order valence-electron chi connectivity index (χ4n) is 2.33. The molecule has 6 nitrogen and oxygen atoms in total. The first-order valence-corrected chi connectivity index (χ1v) is 7.53. The molecule has 0 atom stereocenters. The Labute approximate surface area is 127 Å². The summed E-state index contributed by atoms with van der Waals surface area (Å²) in [6.45, 7) is 12.7. The number of hydrogen-bond donors (Lipinski definition) is 1. The maximum absolute atomic E-state index is 12.2. The van der Waals surface area contributed by atoms with Gasteiger partial charge in [-0.3, -0.25) is 14.5 Å². The van der Waals surface area contributed by atoms with Crippen LogP contribution in [-0.4, -0.2) is 85.9 Å². The molecule has 2 amide bonds. The van der Waals surface area contributed by atoms with E-state index in [9.17, 15) is 9.59 Å². The summed E-state index contributed by atoms with van der Waals surface area (Å²) in [7, 11) is 1.81. The number of likely N-dealkylation sites (N-methyl/N-ethyl adjacent to an activating group) is 2. The molecule has 0 aromatic carbocycles. The number of carbonyl (C=O) groups excluding carboxylic acids is 2. The number of nitrogens with one attached hydrogen (secondary N) is 1. The zero-order valence-corrected chi connectivity index (χ0v) is 13.5. The minimum atomic E-state index is 0.0381. The van der Waals surface area contributed by atoms with Gasteiger partial charge in [0.2, 0.25) is 11.8 Å². The molecule has 0 aromatic rings. The second kappa shape index (κ2) is 8.79. The van der Waals surface area contributed by atoms with Crippen LogP contribution in [0.1, 0.15) is 13.8 Å². The molecular weight excluding hydrogens is 268 g/mol. The standard InChI is InChI=1S/C15H28N4O2/c1-5-18(10-13(2)3)14(20)11-17(4)12-15(21)19-8-6-16-7-9-19/h16H,2,5-12H2,1,3-4H3. The van der Waals surface area contributed by atoms with E-state index in [2.05, 4.69) is 11.9 Å². The molecule has 1 saturated heterocycles. The van der Waals surface area contributed by atoms with Gasteiger partial charge < -0.3 is 15.1 Å². The van der Waals surface area contributed by atoms with Crippen molar-refractivity contribution in [2.24, 2.45) is 0 Å². The Balaban J connectivity index is 2.40. The van der Waals surface area contributed by atoms with E-state index in [1.54, 1.807) is 9.80 Å². The SMILES string of the molecule is C=C(C)CN(CC)C(=O)CN(C)CC(=O)N1CCNCC1. The monoisotopic (exact) mass is 296 g/mol. The Hall–Kier alpha value is -1.40. The van der Waals surface area contributed by atoms with Gasteiger partial charge in [-0.2, -0.15) is 0 Å². The molecule has 21 heavy (non-hydrogen) atoms. The minimum absolute atomic E-state index is 0.0381. The maximum Gasteiger partial charge on any atom is 0.237 e. The van der Waals surface area contributed by atoms with Gasteiger partial charge in [0.1, 0.15) is 0 Å². The van der Waals surface area contributed by atoms with Crippen molar-refractivity contribution in [1.82, 2.24) is 20.0 Å². The molecule has 1 fully saturated rings. The average Bonchev–Trinajstić information content (AvgIpc) is 2.45. The van der Waals surface area contributed by atoms with Crippen molar-refractivity contribution >= 4 is 11.8 Å². The van der Waals surface area contributed by atoms with Crippen molar-refractivity contribution in [1.29, 1.82) is 0 Å². The van der Waals surface area contributed by atoms with Crippen LogP contribution >= 0.6 is 0 Å². The molecule has 0 aliphatic carbocycles. The normalized spacial score (nSPS) is 15.1. The van der Waals surface area contributed by atoms with Gasteiger partial charge in [-0.05, 0) is 20.9 Å². The van der Waals surface area contributed by atoms with Crippen LogP contribution < -0.4 is 5.32 Å². The van der Waals surface area contributed by atoms with Crippen LogP contribution in [0, 0.1) is 0 Å². The number of rotatable bonds is 7. The number of hydrogen-bond acceptors (Lipinski definition) is 4. The Morgan fingerprint density at radius 3 is 2.33 bits per heavy atom. The summed E-state index contributed by atoms with van der Waals surface area (Å²) in [6.07, 6.45) is 0. The van der Waals surface area contributed by atoms with Crippen LogP contribution in [0.15, 0.2) is 12.2 Å². The molecule has 6 heteroatoms. The predicted octanol–water partition coefficient (Wildman–Crippen LogP) is -0.225. The second-order valence-corrected chi connectivity index (χ2v) is 5.67. The second-order valence-electron chi connectivity index (χ2n) is 5.67. The Kier molecular flexibility index (Phi) is 7.39. The smallest absolute Gasteiger partial charge is 0.237 e. The third kappa shape index (κ3) is 6.27. The van der Waals surface area contributed by atoms with Gasteiger partial charge in [-0.25, -0.2) is 0 Å². The highest BCUT2D eigenvalue weighted by Gasteiger charge is 2.20. The summed E-state index contributed by atoms with van der Waals surface area (Å²) in [4.78, 5) is 29.7. The third-order valence-corrected chi connectivity index (χ3v) is 3.48. The van der Waals surface area contributed by atoms with Crippen LogP contribution in [0.4, 0.5) is 0 Å². The molecule has 0 saturated carbocycles. The van der Waals surface area contributed by atoms with E-state index in [-0.39, 0.29) is 24.9 Å². The van der Waals surface area contributed by atoms with E-state index in [4.69, 9.17) is 0 Å². The zero-order chi connectivity index (χ0) is 15.8. The topological polar surface area (TPSA) is 55.9 Å². The lowest BCUT2D eigenvalue weighted by Crippen LogP contribution is -2.50. The van der Waals surface area contributed by atoms with E-state index >= 15 is 0 Å². The van der Waals surface area contributed by atoms with Crippen molar-refractivity contribution in [3.8, 4) is 0 Å². The molecule has 0 bridgehead atoms. The van der Waals surface area contributed by atoms with Crippen LogP contribution in [0.2, 0.25) is 0 Å². The minimum Gasteiger partial charge on any atom is -0.339 e. The summed E-state index contributed by atoms with van der Waals surface area (Å²) < 4.78 is 0. The van der Waals surface area contributed by atoms with Crippen LogP contribution in [-0.2, 0) is 9.59 Å². The summed E-state index contributed by atoms with van der Waals surface area (Å²) in [5.74, 6) is 0.130. The maximum atomic E-state index is 12.2. The van der Waals surface area contributed by atoms with Crippen molar-refractivity contribution in [2.75, 3.05) is 59.4 Å². The summed E-state index contributed by atoms with van der Waals surface area (Å²) in [5.41, 5.74) is 0.963. The van der Waals surface area contributed by atoms with E-state index < -0.39 is 0 Å². The van der Waals surface area contributed by atoms with E-state index in [0.29, 0.717) is 13.1 Å². The molecule has 0 radical (unpaired) electrons. The van der Waals surface area contributed by atoms with Gasteiger partial charge in [0.25, 0.3) is 0 Å². The van der Waals surface area contributed by atoms with Crippen molar-refractivity contribution in [3.05, 3.63) is 12.2 Å². The van der Waals surface area contributed by atoms with Gasteiger partial charge in [-0.15, -0.1) is 0 Å². The fraction of sp³-hybridized carbons (Fsp3) is 0.733. The molecular formula is C15H28N4O2. The van der Waals surface area contributed by atoms with Crippen LogP contribution in [0.25, 0.3) is 0 Å². The summed E-state index contributed by atoms with van der Waals surface area (Å²) in [5, 5.41) is 3.22. The summed E-state index contributed by atoms with van der Waals surface area (Å²) >= 11 is 0. The Morgan fingerprint density at radius 1 is 1.19 bits per heavy atom. The van der Waals surface area contributed by atoms with E-state index in [1.807, 2.05) is 25.8 Å². The van der Waals surface area contributed by atoms with E-state index in [0.717, 1.165) is 31.8 Å². The third-order valence-electron chi connectivity index (χ3n) is 3.48. The van der Waals surface area contributed by atoms with Crippen molar-refractivity contribution in [2.45, 2.75) is 13.8 Å². The number of carbonyl (C=O) groups is 2. The van der Waals surface area contributed by atoms with Crippen molar-refractivity contribution in [3.63, 3.8) is 0 Å². The average molecular weight is 296 g/mol. The van der Waals surface area contributed by atoms with Gasteiger partial charge >= 0.3 is 0 Å². The van der Waals surface area contributed by atoms with Gasteiger partial charge in [0.15, 0.2) is 0 Å². The predicted molar refractivity (Wildman–Crippen MR) is 84.0 cm³/mol. The molecule has 1 heterocycles. The van der Waals surface area contributed by atoms with E-state index in [1.165, 1.54) is 0 Å². The van der Waals surface area contributed by atoms with Gasteiger partial charge in [0.05, 0.1) is 13.1 Å². The van der Waals surface area contributed by atoms with Gasteiger partial charge in [-0.1, -0.05) is 12.2 Å². The Bertz CT molecular complexity index is 378. The largest absolute Gasteiger partial charge is 0.339 e. The highest BCUT2D eigenvalue weighted by molar-refractivity contribution is 5.81. The molecule has 1 N–H and O–H groups in total. The number of piperazine rings is 1. The first-order chi connectivity index (χ1) is 9.93. The fourth-order valence-corrected chi connectivity index (χ4v) is 2.33. The highest BCUT2D eigenvalue weighted by Crippen LogP contribution is 2.00. The molecule has 1 aliphatic heterocycles. The van der Waals surface area contributed by atoms with Crippen LogP contribution in [0.3, 0.4) is 0 Å². The van der Waals surface area contributed by atoms with Crippen LogP contribution in [0.5, 0.6) is 0 Å². The molecule has 1 rings (SSSR count). The van der Waals surface area contributed by atoms with Crippen molar-refractivity contribution < 1.29 is 9.59 Å². The lowest BCUT2D eigenvalue weighted by Gasteiger charge is -2.30.